The van der Waals surface area contributed by atoms with Crippen LogP contribution in [0.4, 0.5) is 0 Å². The topological polar surface area (TPSA) is 93.7 Å². The molecule has 7 nitrogen and oxygen atoms in total. The summed E-state index contributed by atoms with van der Waals surface area (Å²) in [6.07, 6.45) is 5.79. The third kappa shape index (κ3) is 5.00. The van der Waals surface area contributed by atoms with Gasteiger partial charge in [0.2, 0.25) is 5.91 Å². The van der Waals surface area contributed by atoms with Crippen LogP contribution in [0.1, 0.15) is 25.3 Å². The molecule has 1 aromatic rings. The zero-order valence-electron chi connectivity index (χ0n) is 15.8. The van der Waals surface area contributed by atoms with Gasteiger partial charge in [0.25, 0.3) is 5.91 Å². The monoisotopic (exact) mass is 384 g/mol. The Hall–Kier alpha value is -3.09. The molecule has 28 heavy (non-hydrogen) atoms. The van der Waals surface area contributed by atoms with E-state index in [0.29, 0.717) is 25.0 Å². The largest absolute Gasteiger partial charge is 0.488 e. The highest BCUT2D eigenvalue weighted by molar-refractivity contribution is 5.99. The number of hydrogen-bond acceptors (Lipinski definition) is 5. The van der Waals surface area contributed by atoms with Crippen LogP contribution in [0.2, 0.25) is 0 Å². The van der Waals surface area contributed by atoms with Gasteiger partial charge in [-0.15, -0.1) is 0 Å². The van der Waals surface area contributed by atoms with E-state index in [9.17, 15) is 14.4 Å². The average Bonchev–Trinajstić information content (AvgIpc) is 3.10. The highest BCUT2D eigenvalue weighted by Crippen LogP contribution is 2.26. The number of hydrogen-bond donors (Lipinski definition) is 2. The summed E-state index contributed by atoms with van der Waals surface area (Å²) in [5, 5.41) is 5.69. The van der Waals surface area contributed by atoms with E-state index in [1.807, 2.05) is 24.3 Å². The van der Waals surface area contributed by atoms with Gasteiger partial charge >= 0.3 is 5.97 Å². The van der Waals surface area contributed by atoms with Crippen molar-refractivity contribution in [2.75, 3.05) is 19.8 Å². The number of para-hydroxylation sites is 1. The van der Waals surface area contributed by atoms with E-state index >= 15 is 0 Å². The predicted molar refractivity (Wildman–Crippen MR) is 103 cm³/mol. The number of benzene rings is 1. The molecule has 0 aromatic heterocycles. The molecule has 0 aliphatic carbocycles. The maximum atomic E-state index is 12.7. The molecule has 0 radical (unpaired) electrons. The van der Waals surface area contributed by atoms with E-state index < -0.39 is 12.0 Å². The van der Waals surface area contributed by atoms with Gasteiger partial charge in [0, 0.05) is 30.1 Å². The Morgan fingerprint density at radius 1 is 1.39 bits per heavy atom. The molecule has 2 atom stereocenters. The molecule has 1 aromatic carbocycles. The van der Waals surface area contributed by atoms with Crippen LogP contribution in [-0.2, 0) is 19.1 Å². The quantitative estimate of drug-likeness (QED) is 0.550. The number of fused-ring (bicyclic) bond motifs is 1. The second-order valence-electron chi connectivity index (χ2n) is 6.70. The van der Waals surface area contributed by atoms with E-state index in [4.69, 9.17) is 9.47 Å². The Kier molecular flexibility index (Phi) is 6.47. The van der Waals surface area contributed by atoms with Crippen LogP contribution in [-0.4, -0.2) is 43.6 Å². The number of rotatable bonds is 7. The summed E-state index contributed by atoms with van der Waals surface area (Å²) < 4.78 is 10.5. The van der Waals surface area contributed by atoms with Gasteiger partial charge in [-0.25, -0.2) is 4.79 Å². The highest BCUT2D eigenvalue weighted by Gasteiger charge is 2.28. The van der Waals surface area contributed by atoms with Gasteiger partial charge in [-0.3, -0.25) is 9.59 Å². The second kappa shape index (κ2) is 9.21. The summed E-state index contributed by atoms with van der Waals surface area (Å²) in [4.78, 5) is 36.3. The van der Waals surface area contributed by atoms with Gasteiger partial charge in [0.15, 0.2) is 0 Å². The summed E-state index contributed by atoms with van der Waals surface area (Å²) >= 11 is 0. The lowest BCUT2D eigenvalue weighted by Gasteiger charge is -2.21. The SMILES string of the molecule is CCOC(=O)C=CC(CC1CCNC1=O)NC(=O)C1=Cc2ccccc2OC1. The summed E-state index contributed by atoms with van der Waals surface area (Å²) in [6, 6.07) is 7.01. The van der Waals surface area contributed by atoms with Crippen molar-refractivity contribution in [1.29, 1.82) is 0 Å². The first-order valence-corrected chi connectivity index (χ1v) is 9.42. The van der Waals surface area contributed by atoms with Crippen molar-refractivity contribution in [3.63, 3.8) is 0 Å². The molecule has 2 unspecified atom stereocenters. The molecule has 2 amide bonds. The van der Waals surface area contributed by atoms with Crippen molar-refractivity contribution in [2.24, 2.45) is 5.92 Å². The summed E-state index contributed by atoms with van der Waals surface area (Å²) in [7, 11) is 0. The number of amides is 2. The van der Waals surface area contributed by atoms with E-state index in [1.54, 1.807) is 19.1 Å². The average molecular weight is 384 g/mol. The molecule has 2 aliphatic rings. The van der Waals surface area contributed by atoms with Gasteiger partial charge in [-0.05, 0) is 31.9 Å². The first kappa shape index (κ1) is 19.7. The fourth-order valence-electron chi connectivity index (χ4n) is 3.26. The number of carbonyl (C=O) groups excluding carboxylic acids is 3. The zero-order valence-corrected chi connectivity index (χ0v) is 15.8. The Morgan fingerprint density at radius 3 is 2.96 bits per heavy atom. The molecule has 0 bridgehead atoms. The van der Waals surface area contributed by atoms with E-state index in [-0.39, 0.29) is 30.9 Å². The minimum atomic E-state index is -0.480. The Morgan fingerprint density at radius 2 is 2.21 bits per heavy atom. The molecule has 3 rings (SSSR count). The molecule has 7 heteroatoms. The van der Waals surface area contributed by atoms with E-state index in [0.717, 1.165) is 11.3 Å². The molecule has 0 saturated carbocycles. The third-order valence-electron chi connectivity index (χ3n) is 4.69. The van der Waals surface area contributed by atoms with Crippen LogP contribution in [0.15, 0.2) is 42.0 Å². The fraction of sp³-hybridized carbons (Fsp3) is 0.381. The molecule has 148 valence electrons. The lowest BCUT2D eigenvalue weighted by atomic mass is 9.97. The van der Waals surface area contributed by atoms with Crippen molar-refractivity contribution in [3.05, 3.63) is 47.6 Å². The smallest absolute Gasteiger partial charge is 0.330 e. The van der Waals surface area contributed by atoms with Gasteiger partial charge in [0.05, 0.1) is 12.2 Å². The molecule has 2 N–H and O–H groups in total. The van der Waals surface area contributed by atoms with Crippen LogP contribution in [0, 0.1) is 5.92 Å². The molecular formula is C21H24N2O5. The van der Waals surface area contributed by atoms with Crippen molar-refractivity contribution in [1.82, 2.24) is 10.6 Å². The fourth-order valence-corrected chi connectivity index (χ4v) is 3.26. The number of carbonyl (C=O) groups is 3. The summed E-state index contributed by atoms with van der Waals surface area (Å²) in [5.41, 5.74) is 1.33. The lowest BCUT2D eigenvalue weighted by molar-refractivity contribution is -0.137. The predicted octanol–water partition coefficient (Wildman–Crippen LogP) is 1.59. The minimum Gasteiger partial charge on any atom is -0.488 e. The zero-order chi connectivity index (χ0) is 19.9. The van der Waals surface area contributed by atoms with Crippen LogP contribution in [0.3, 0.4) is 0 Å². The normalized spacial score (nSPS) is 19.2. The Bertz CT molecular complexity index is 815. The number of nitrogens with one attached hydrogen (secondary N) is 2. The minimum absolute atomic E-state index is 0.0297. The molecule has 1 fully saturated rings. The summed E-state index contributed by atoms with van der Waals surface area (Å²) in [6.45, 7) is 2.79. The van der Waals surface area contributed by atoms with Gasteiger partial charge in [-0.2, -0.15) is 0 Å². The van der Waals surface area contributed by atoms with Crippen molar-refractivity contribution < 1.29 is 23.9 Å². The van der Waals surface area contributed by atoms with Crippen molar-refractivity contribution in [3.8, 4) is 5.75 Å². The molecule has 0 spiro atoms. The molecule has 2 aliphatic heterocycles. The molecule has 2 heterocycles. The first-order valence-electron chi connectivity index (χ1n) is 9.42. The van der Waals surface area contributed by atoms with Crippen molar-refractivity contribution >= 4 is 23.9 Å². The van der Waals surface area contributed by atoms with Crippen LogP contribution < -0.4 is 15.4 Å². The van der Waals surface area contributed by atoms with Gasteiger partial charge in [0.1, 0.15) is 12.4 Å². The van der Waals surface area contributed by atoms with Crippen molar-refractivity contribution in [2.45, 2.75) is 25.8 Å². The van der Waals surface area contributed by atoms with Gasteiger partial charge < -0.3 is 20.1 Å². The molecular weight excluding hydrogens is 360 g/mol. The third-order valence-corrected chi connectivity index (χ3v) is 4.69. The van der Waals surface area contributed by atoms with Gasteiger partial charge in [-0.1, -0.05) is 24.3 Å². The Balaban J connectivity index is 1.70. The number of esters is 1. The second-order valence-corrected chi connectivity index (χ2v) is 6.70. The maximum absolute atomic E-state index is 12.7. The van der Waals surface area contributed by atoms with Crippen LogP contribution in [0.5, 0.6) is 5.75 Å². The van der Waals surface area contributed by atoms with E-state index in [1.165, 1.54) is 6.08 Å². The lowest BCUT2D eigenvalue weighted by Crippen LogP contribution is -2.38. The summed E-state index contributed by atoms with van der Waals surface area (Å²) in [5.74, 6) is -0.258. The maximum Gasteiger partial charge on any atom is 0.330 e. The van der Waals surface area contributed by atoms with E-state index in [2.05, 4.69) is 10.6 Å². The Labute approximate surface area is 163 Å². The highest BCUT2D eigenvalue weighted by atomic mass is 16.5. The van der Waals surface area contributed by atoms with Crippen LogP contribution >= 0.6 is 0 Å². The first-order chi connectivity index (χ1) is 13.6. The standard InChI is InChI=1S/C21H24N2O5/c1-2-27-19(24)8-7-17(12-15-9-10-22-20(15)25)23-21(26)16-11-14-5-3-4-6-18(14)28-13-16/h3-8,11,15,17H,2,9-10,12-13H2,1H3,(H,22,25)(H,23,26). The number of ether oxygens (including phenoxy) is 2. The van der Waals surface area contributed by atoms with Crippen LogP contribution in [0.25, 0.3) is 6.08 Å². The molecule has 1 saturated heterocycles.